The molecule has 0 aliphatic rings. The summed E-state index contributed by atoms with van der Waals surface area (Å²) in [5, 5.41) is 0. The summed E-state index contributed by atoms with van der Waals surface area (Å²) in [6, 6.07) is -6.45. The fourth-order valence-corrected chi connectivity index (χ4v) is 1.58. The summed E-state index contributed by atoms with van der Waals surface area (Å²) in [6.45, 7) is 0. The Kier molecular flexibility index (Phi) is 5.01. The zero-order chi connectivity index (χ0) is 21.9. The van der Waals surface area contributed by atoms with E-state index in [-0.39, 0.29) is 12.5 Å². The van der Waals surface area contributed by atoms with Crippen molar-refractivity contribution in [1.29, 1.82) is 0 Å². The minimum absolute atomic E-state index is 0.162. The minimum atomic E-state index is -8.27. The molecule has 0 aliphatic carbocycles. The van der Waals surface area contributed by atoms with Crippen LogP contribution in [0.25, 0.3) is 0 Å². The molecule has 1 aromatic rings. The van der Waals surface area contributed by atoms with Gasteiger partial charge in [0.1, 0.15) is 12.4 Å². The Morgan fingerprint density at radius 1 is 0.519 bits per heavy atom. The van der Waals surface area contributed by atoms with Crippen molar-refractivity contribution < 1.29 is 70.4 Å². The molecule has 0 radical (unpaired) electrons. The molecule has 158 valence electrons. The average molecular weight is 437 g/mol. The molecule has 0 aromatic carbocycles. The highest BCUT2D eigenvalue weighted by Gasteiger charge is 2.94. The molecular weight excluding hydrogens is 433 g/mol. The molecule has 0 saturated carbocycles. The highest BCUT2D eigenvalue weighted by Crippen LogP contribution is 2.62. The van der Waals surface area contributed by atoms with Crippen molar-refractivity contribution in [3.8, 4) is 0 Å². The van der Waals surface area contributed by atoms with Crippen molar-refractivity contribution >= 4 is 0 Å². The predicted octanol–water partition coefficient (Wildman–Crippen LogP) is 4.59. The van der Waals surface area contributed by atoms with Crippen LogP contribution < -0.4 is 4.57 Å². The normalized spacial score (nSPS) is 16.0. The number of alkyl halides is 15. The van der Waals surface area contributed by atoms with Gasteiger partial charge < -0.3 is 0 Å². The lowest BCUT2D eigenvalue weighted by atomic mass is 9.93. The van der Waals surface area contributed by atoms with E-state index in [1.807, 2.05) is 0 Å². The van der Waals surface area contributed by atoms with Gasteiger partial charge in [-0.2, -0.15) is 70.4 Å². The monoisotopic (exact) mass is 437 g/mol. The van der Waals surface area contributed by atoms with E-state index in [0.717, 1.165) is 0 Å². The Morgan fingerprint density at radius 3 is 1.22 bits per heavy atom. The fourth-order valence-electron chi connectivity index (χ4n) is 1.58. The highest BCUT2D eigenvalue weighted by atomic mass is 19.4. The Bertz CT molecular complexity index is 657. The first-order valence-corrected chi connectivity index (χ1v) is 5.99. The summed E-state index contributed by atoms with van der Waals surface area (Å²) in [6.07, 6.45) is -7.65. The maximum absolute atomic E-state index is 13.4. The van der Waals surface area contributed by atoms with Crippen LogP contribution in [0, 0.1) is 0 Å². The van der Waals surface area contributed by atoms with Gasteiger partial charge in [0.05, 0.1) is 0 Å². The standard InChI is InChI=1S/C10H3F15N2/c11-4(12,5(13,14)7(17,18)9(21,22)23)6(15,16)8(19,20)10(24,25)27-2-1-26-3-27/h1-3H/p+1. The Hall–Kier alpha value is -1.84. The molecule has 0 atom stereocenters. The van der Waals surface area contributed by atoms with Gasteiger partial charge in [-0.25, -0.2) is 0 Å². The van der Waals surface area contributed by atoms with Gasteiger partial charge in [-0.05, 0) is 0 Å². The summed E-state index contributed by atoms with van der Waals surface area (Å²) >= 11 is 0. The molecule has 0 fully saturated rings. The van der Waals surface area contributed by atoms with Crippen molar-refractivity contribution in [2.45, 2.75) is 41.8 Å². The molecule has 1 rings (SSSR count). The largest absolute Gasteiger partial charge is 0.469 e. The first-order valence-electron chi connectivity index (χ1n) is 5.99. The number of rotatable bonds is 6. The molecule has 0 bridgehead atoms. The summed E-state index contributed by atoms with van der Waals surface area (Å²) in [5.74, 6) is -40.1. The molecule has 0 aliphatic heterocycles. The number of aromatic nitrogens is 2. The van der Waals surface area contributed by atoms with Crippen LogP contribution in [0.15, 0.2) is 18.7 Å². The molecule has 0 saturated heterocycles. The smallest absolute Gasteiger partial charge is 0.250 e. The zero-order valence-electron chi connectivity index (χ0n) is 11.8. The number of hydrogen-bond donors (Lipinski definition) is 1. The minimum Gasteiger partial charge on any atom is -0.250 e. The van der Waals surface area contributed by atoms with E-state index >= 15 is 0 Å². The van der Waals surface area contributed by atoms with E-state index < -0.39 is 46.4 Å². The summed E-state index contributed by atoms with van der Waals surface area (Å²) in [4.78, 5) is 1.57. The predicted molar refractivity (Wildman–Crippen MR) is 52.0 cm³/mol. The lowest BCUT2D eigenvalue weighted by Gasteiger charge is -2.40. The topological polar surface area (TPSA) is 19.7 Å². The van der Waals surface area contributed by atoms with Crippen LogP contribution >= 0.6 is 0 Å². The molecule has 17 heteroatoms. The molecule has 1 heterocycles. The van der Waals surface area contributed by atoms with Gasteiger partial charge in [-0.3, -0.25) is 4.98 Å². The summed E-state index contributed by atoms with van der Waals surface area (Å²) in [5.41, 5.74) is 0. The van der Waals surface area contributed by atoms with Gasteiger partial charge in [-0.15, -0.1) is 0 Å². The summed E-state index contributed by atoms with van der Waals surface area (Å²) < 4.78 is 192. The van der Waals surface area contributed by atoms with E-state index in [1.54, 1.807) is 4.98 Å². The molecule has 0 spiro atoms. The van der Waals surface area contributed by atoms with Crippen molar-refractivity contribution in [3.05, 3.63) is 18.7 Å². The third kappa shape index (κ3) is 2.79. The van der Waals surface area contributed by atoms with Crippen molar-refractivity contribution in [2.75, 3.05) is 0 Å². The van der Waals surface area contributed by atoms with Crippen LogP contribution in [0.4, 0.5) is 65.9 Å². The van der Waals surface area contributed by atoms with E-state index in [2.05, 4.69) is 0 Å². The number of nitrogens with zero attached hydrogens (tertiary/aromatic N) is 1. The molecule has 27 heavy (non-hydrogen) atoms. The first kappa shape index (κ1) is 23.2. The van der Waals surface area contributed by atoms with Crippen molar-refractivity contribution in [2.24, 2.45) is 0 Å². The zero-order valence-corrected chi connectivity index (χ0v) is 11.8. The lowest BCUT2D eigenvalue weighted by Crippen LogP contribution is -2.75. The third-order valence-electron chi connectivity index (χ3n) is 3.18. The molecule has 2 nitrogen and oxygen atoms in total. The first-order chi connectivity index (χ1) is 11.6. The maximum atomic E-state index is 13.4. The van der Waals surface area contributed by atoms with Crippen molar-refractivity contribution in [3.63, 3.8) is 0 Å². The second-order valence-electron chi connectivity index (χ2n) is 4.93. The number of nitrogens with one attached hydrogen (secondary N) is 1. The quantitative estimate of drug-likeness (QED) is 0.497. The van der Waals surface area contributed by atoms with E-state index in [1.165, 1.54) is 0 Å². The highest BCUT2D eigenvalue weighted by molar-refractivity contribution is 5.11. The van der Waals surface area contributed by atoms with Gasteiger partial charge in [-0.1, -0.05) is 0 Å². The Morgan fingerprint density at radius 2 is 0.889 bits per heavy atom. The van der Waals surface area contributed by atoms with Gasteiger partial charge in [0.25, 0.3) is 0 Å². The maximum Gasteiger partial charge on any atom is 0.469 e. The number of imidazole rings is 1. The number of halogens is 15. The van der Waals surface area contributed by atoms with Crippen LogP contribution in [0.5, 0.6) is 0 Å². The second kappa shape index (κ2) is 5.83. The molecule has 1 aromatic heterocycles. The van der Waals surface area contributed by atoms with Crippen LogP contribution in [-0.2, 0) is 6.05 Å². The van der Waals surface area contributed by atoms with Crippen LogP contribution in [0.1, 0.15) is 0 Å². The third-order valence-corrected chi connectivity index (χ3v) is 3.18. The Labute approximate surface area is 137 Å². The number of aromatic amines is 1. The van der Waals surface area contributed by atoms with E-state index in [4.69, 9.17) is 0 Å². The van der Waals surface area contributed by atoms with Gasteiger partial charge in [0.15, 0.2) is 0 Å². The van der Waals surface area contributed by atoms with Crippen LogP contribution in [-0.4, -0.2) is 40.8 Å². The van der Waals surface area contributed by atoms with Gasteiger partial charge >= 0.3 is 41.8 Å². The van der Waals surface area contributed by atoms with Gasteiger partial charge in [0, 0.05) is 0 Å². The van der Waals surface area contributed by atoms with Crippen LogP contribution in [0.3, 0.4) is 0 Å². The van der Waals surface area contributed by atoms with Crippen molar-refractivity contribution in [1.82, 2.24) is 4.98 Å². The molecule has 0 amide bonds. The SMILES string of the molecule is FC(F)(F)C(F)(F)C(F)(F)C(F)(F)C(F)(F)C(F)(F)C(F)(F)[n+]1cc[nH]c1. The van der Waals surface area contributed by atoms with Crippen LogP contribution in [0.2, 0.25) is 0 Å². The second-order valence-corrected chi connectivity index (χ2v) is 4.93. The lowest BCUT2D eigenvalue weighted by molar-refractivity contribution is -0.849. The molecule has 1 N–H and O–H groups in total. The molecule has 0 unspecified atom stereocenters. The molecular formula is C10H4F15N2+. The number of hydrogen-bond acceptors (Lipinski definition) is 0. The Balaban J connectivity index is 3.60. The van der Waals surface area contributed by atoms with E-state index in [0.29, 0.717) is 6.20 Å². The van der Waals surface area contributed by atoms with E-state index in [9.17, 15) is 65.9 Å². The number of H-pyrrole nitrogens is 1. The average Bonchev–Trinajstić information content (AvgIpc) is 2.99. The summed E-state index contributed by atoms with van der Waals surface area (Å²) in [7, 11) is 0. The fraction of sp³-hybridized carbons (Fsp3) is 0.700. The van der Waals surface area contributed by atoms with Gasteiger partial charge in [0.2, 0.25) is 6.33 Å².